The minimum absolute atomic E-state index is 0.0141. The van der Waals surface area contributed by atoms with Gasteiger partial charge in [-0.3, -0.25) is 19.6 Å². The van der Waals surface area contributed by atoms with Gasteiger partial charge in [-0.25, -0.2) is 0 Å². The van der Waals surface area contributed by atoms with Crippen molar-refractivity contribution >= 4 is 17.4 Å². The van der Waals surface area contributed by atoms with Gasteiger partial charge in [0.1, 0.15) is 17.1 Å². The molecule has 118 valence electrons. The van der Waals surface area contributed by atoms with Crippen molar-refractivity contribution in [1.82, 2.24) is 14.9 Å². The first-order valence-corrected chi connectivity index (χ1v) is 6.72. The molecule has 0 saturated carbocycles. The van der Waals surface area contributed by atoms with Crippen molar-refractivity contribution in [2.45, 2.75) is 34.2 Å². The normalized spacial score (nSPS) is 12.2. The van der Waals surface area contributed by atoms with E-state index in [1.807, 2.05) is 0 Å². The molecule has 9 nitrogen and oxygen atoms in total. The molecule has 1 N–H and O–H groups in total. The number of rotatable bonds is 5. The van der Waals surface area contributed by atoms with Gasteiger partial charge >= 0.3 is 5.69 Å². The maximum absolute atomic E-state index is 12.1. The Morgan fingerprint density at radius 2 is 2.18 bits per heavy atom. The maximum atomic E-state index is 12.1. The molecule has 1 unspecified atom stereocenters. The minimum atomic E-state index is -0.461. The number of nitrogens with zero attached hydrogens (tertiary/aromatic N) is 4. The second-order valence-corrected chi connectivity index (χ2v) is 5.17. The Bertz CT molecular complexity index is 718. The van der Waals surface area contributed by atoms with Crippen LogP contribution in [0.3, 0.4) is 0 Å². The first kappa shape index (κ1) is 15.7. The SMILES string of the molecule is Cc1cc(NC(=O)C(C)Cn2nc(C)c([N+](=O)[O-])c2C)no1. The summed E-state index contributed by atoms with van der Waals surface area (Å²) in [6, 6.07) is 1.61. The van der Waals surface area contributed by atoms with Gasteiger partial charge in [0.25, 0.3) is 0 Å². The number of hydrogen-bond acceptors (Lipinski definition) is 6. The van der Waals surface area contributed by atoms with Crippen molar-refractivity contribution < 1.29 is 14.2 Å². The smallest absolute Gasteiger partial charge is 0.312 e. The summed E-state index contributed by atoms with van der Waals surface area (Å²) in [6.45, 7) is 6.86. The van der Waals surface area contributed by atoms with Gasteiger partial charge in [0.05, 0.1) is 17.4 Å². The van der Waals surface area contributed by atoms with Gasteiger partial charge < -0.3 is 9.84 Å². The van der Waals surface area contributed by atoms with Crippen LogP contribution in [0.25, 0.3) is 0 Å². The standard InChI is InChI=1S/C13H17N5O4/c1-7(13(19)14-11-5-8(2)22-16-11)6-17-10(4)12(18(20)21)9(3)15-17/h5,7H,6H2,1-4H3,(H,14,16,19). The third kappa shape index (κ3) is 3.13. The third-order valence-electron chi connectivity index (χ3n) is 3.30. The largest absolute Gasteiger partial charge is 0.360 e. The van der Waals surface area contributed by atoms with Crippen molar-refractivity contribution in [3.8, 4) is 0 Å². The van der Waals surface area contributed by atoms with E-state index in [1.54, 1.807) is 33.8 Å². The average molecular weight is 307 g/mol. The zero-order valence-corrected chi connectivity index (χ0v) is 12.8. The van der Waals surface area contributed by atoms with E-state index in [1.165, 1.54) is 4.68 Å². The lowest BCUT2D eigenvalue weighted by atomic mass is 10.1. The van der Waals surface area contributed by atoms with Crippen LogP contribution in [0.4, 0.5) is 11.5 Å². The lowest BCUT2D eigenvalue weighted by Gasteiger charge is -2.11. The fourth-order valence-corrected chi connectivity index (χ4v) is 2.15. The number of aromatic nitrogens is 3. The molecule has 1 atom stereocenters. The van der Waals surface area contributed by atoms with Crippen molar-refractivity contribution in [2.75, 3.05) is 5.32 Å². The van der Waals surface area contributed by atoms with E-state index in [-0.39, 0.29) is 18.1 Å². The van der Waals surface area contributed by atoms with E-state index in [0.29, 0.717) is 23.0 Å². The van der Waals surface area contributed by atoms with Crippen LogP contribution in [0.2, 0.25) is 0 Å². The molecule has 2 aromatic heterocycles. The summed E-state index contributed by atoms with van der Waals surface area (Å²) in [6.07, 6.45) is 0. The predicted octanol–water partition coefficient (Wildman–Crippen LogP) is 1.98. The highest BCUT2D eigenvalue weighted by atomic mass is 16.6. The minimum Gasteiger partial charge on any atom is -0.360 e. The zero-order valence-electron chi connectivity index (χ0n) is 12.8. The Labute approximate surface area is 126 Å². The Morgan fingerprint density at radius 1 is 1.50 bits per heavy atom. The number of carbonyl (C=O) groups excluding carboxylic acids is 1. The summed E-state index contributed by atoms with van der Waals surface area (Å²) >= 11 is 0. The molecule has 0 saturated heterocycles. The summed E-state index contributed by atoms with van der Waals surface area (Å²) in [4.78, 5) is 22.6. The molecule has 0 bridgehead atoms. The fraction of sp³-hybridized carbons (Fsp3) is 0.462. The van der Waals surface area contributed by atoms with E-state index >= 15 is 0 Å². The van der Waals surface area contributed by atoms with Crippen LogP contribution in [0, 0.1) is 36.8 Å². The summed E-state index contributed by atoms with van der Waals surface area (Å²) < 4.78 is 6.35. The molecule has 0 aromatic carbocycles. The average Bonchev–Trinajstić information content (AvgIpc) is 2.93. The second kappa shape index (κ2) is 5.96. The van der Waals surface area contributed by atoms with E-state index in [4.69, 9.17) is 4.52 Å². The molecule has 0 radical (unpaired) electrons. The van der Waals surface area contributed by atoms with Gasteiger partial charge in [-0.05, 0) is 20.8 Å². The lowest BCUT2D eigenvalue weighted by molar-refractivity contribution is -0.386. The Hall–Kier alpha value is -2.71. The molecule has 0 aliphatic rings. The Morgan fingerprint density at radius 3 is 2.68 bits per heavy atom. The van der Waals surface area contributed by atoms with Crippen LogP contribution in [-0.4, -0.2) is 25.8 Å². The maximum Gasteiger partial charge on any atom is 0.312 e. The van der Waals surface area contributed by atoms with E-state index in [9.17, 15) is 14.9 Å². The molecule has 1 amide bonds. The first-order chi connectivity index (χ1) is 10.3. The number of anilines is 1. The Balaban J connectivity index is 2.08. The topological polar surface area (TPSA) is 116 Å². The first-order valence-electron chi connectivity index (χ1n) is 6.72. The number of carbonyl (C=O) groups is 1. The fourth-order valence-electron chi connectivity index (χ4n) is 2.15. The van der Waals surface area contributed by atoms with Gasteiger partial charge in [-0.1, -0.05) is 12.1 Å². The number of hydrogen-bond donors (Lipinski definition) is 1. The molecule has 0 spiro atoms. The zero-order chi connectivity index (χ0) is 16.4. The van der Waals surface area contributed by atoms with Gasteiger partial charge in [-0.15, -0.1) is 0 Å². The monoisotopic (exact) mass is 307 g/mol. The summed E-state index contributed by atoms with van der Waals surface area (Å²) in [5.41, 5.74) is 0.751. The molecule has 22 heavy (non-hydrogen) atoms. The van der Waals surface area contributed by atoms with Gasteiger partial charge in [0.2, 0.25) is 5.91 Å². The molecular weight excluding hydrogens is 290 g/mol. The van der Waals surface area contributed by atoms with Crippen molar-refractivity contribution in [2.24, 2.45) is 5.92 Å². The third-order valence-corrected chi connectivity index (χ3v) is 3.30. The predicted molar refractivity (Wildman–Crippen MR) is 77.4 cm³/mol. The number of nitro groups is 1. The Kier molecular flexibility index (Phi) is 4.25. The van der Waals surface area contributed by atoms with Crippen LogP contribution in [0.1, 0.15) is 24.1 Å². The summed E-state index contributed by atoms with van der Waals surface area (Å²) in [7, 11) is 0. The lowest BCUT2D eigenvalue weighted by Crippen LogP contribution is -2.25. The highest BCUT2D eigenvalue weighted by Crippen LogP contribution is 2.22. The molecule has 0 aliphatic heterocycles. The summed E-state index contributed by atoms with van der Waals surface area (Å²) in [5, 5.41) is 21.4. The number of amides is 1. The van der Waals surface area contributed by atoms with Crippen molar-refractivity contribution in [3.63, 3.8) is 0 Å². The van der Waals surface area contributed by atoms with Crippen LogP contribution >= 0.6 is 0 Å². The van der Waals surface area contributed by atoms with Gasteiger partial charge in [-0.2, -0.15) is 5.10 Å². The quantitative estimate of drug-likeness (QED) is 0.667. The highest BCUT2D eigenvalue weighted by molar-refractivity contribution is 5.91. The van der Waals surface area contributed by atoms with Crippen LogP contribution in [0.5, 0.6) is 0 Å². The molecule has 0 aliphatic carbocycles. The second-order valence-electron chi connectivity index (χ2n) is 5.17. The van der Waals surface area contributed by atoms with Crippen molar-refractivity contribution in [3.05, 3.63) is 33.3 Å². The highest BCUT2D eigenvalue weighted by Gasteiger charge is 2.24. The van der Waals surface area contributed by atoms with Gasteiger partial charge in [0, 0.05) is 6.07 Å². The van der Waals surface area contributed by atoms with Crippen LogP contribution < -0.4 is 5.32 Å². The van der Waals surface area contributed by atoms with Crippen LogP contribution in [0.15, 0.2) is 10.6 Å². The molecule has 2 rings (SSSR count). The number of aryl methyl sites for hydroxylation is 2. The van der Waals surface area contributed by atoms with Crippen molar-refractivity contribution in [1.29, 1.82) is 0 Å². The summed E-state index contributed by atoms with van der Waals surface area (Å²) in [5.74, 6) is 0.240. The molecule has 2 heterocycles. The molecule has 2 aromatic rings. The molecule has 0 fully saturated rings. The van der Waals surface area contributed by atoms with Gasteiger partial charge in [0.15, 0.2) is 5.82 Å². The van der Waals surface area contributed by atoms with E-state index in [0.717, 1.165) is 0 Å². The molecule has 9 heteroatoms. The molecular formula is C13H17N5O4. The van der Waals surface area contributed by atoms with E-state index in [2.05, 4.69) is 15.6 Å². The van der Waals surface area contributed by atoms with E-state index < -0.39 is 10.8 Å². The van der Waals surface area contributed by atoms with Crippen LogP contribution in [-0.2, 0) is 11.3 Å². The number of nitrogens with one attached hydrogen (secondary N) is 1.